The second-order valence-electron chi connectivity index (χ2n) is 6.49. The largest absolute Gasteiger partial charge is 0.382 e. The number of benzene rings is 2. The number of aromatic nitrogens is 5. The molecule has 4 N–H and O–H groups in total. The van der Waals surface area contributed by atoms with Gasteiger partial charge in [0, 0.05) is 17.6 Å². The van der Waals surface area contributed by atoms with Gasteiger partial charge < -0.3 is 11.2 Å². The van der Waals surface area contributed by atoms with E-state index in [1.54, 1.807) is 48.3 Å². The zero-order valence-corrected chi connectivity index (χ0v) is 16.7. The minimum Gasteiger partial charge on any atom is -0.382 e. The predicted molar refractivity (Wildman–Crippen MR) is 113 cm³/mol. The van der Waals surface area contributed by atoms with Gasteiger partial charge in [-0.1, -0.05) is 41.1 Å². The van der Waals surface area contributed by atoms with Gasteiger partial charge in [-0.25, -0.2) is 18.7 Å². The number of imidazole rings is 1. The van der Waals surface area contributed by atoms with E-state index in [0.29, 0.717) is 40.0 Å². The van der Waals surface area contributed by atoms with E-state index in [-0.39, 0.29) is 5.84 Å². The molecule has 0 aliphatic rings. The van der Waals surface area contributed by atoms with E-state index in [0.717, 1.165) is 5.56 Å². The van der Waals surface area contributed by atoms with Gasteiger partial charge in [0.2, 0.25) is 0 Å². The zero-order valence-electron chi connectivity index (χ0n) is 16.0. The molecule has 0 saturated carbocycles. The van der Waals surface area contributed by atoms with Crippen LogP contribution in [0.4, 0.5) is 4.39 Å². The summed E-state index contributed by atoms with van der Waals surface area (Å²) in [6.45, 7) is 0. The first-order valence-corrected chi connectivity index (χ1v) is 9.41. The Labute approximate surface area is 176 Å². The molecule has 152 valence electrons. The van der Waals surface area contributed by atoms with Crippen molar-refractivity contribution in [2.24, 2.45) is 5.73 Å². The van der Waals surface area contributed by atoms with Crippen LogP contribution in [-0.4, -0.2) is 37.5 Å². The van der Waals surface area contributed by atoms with E-state index < -0.39 is 5.82 Å². The van der Waals surface area contributed by atoms with Crippen molar-refractivity contribution in [1.82, 2.24) is 24.7 Å². The summed E-state index contributed by atoms with van der Waals surface area (Å²) in [5.41, 5.74) is 11.5. The molecule has 0 aliphatic heterocycles. The van der Waals surface area contributed by atoms with E-state index in [9.17, 15) is 4.39 Å². The molecule has 0 atom stereocenters. The highest BCUT2D eigenvalue weighted by Gasteiger charge is 2.21. The average Bonchev–Trinajstić information content (AvgIpc) is 3.34. The average molecular weight is 425 g/mol. The molecule has 4 aromatic rings. The zero-order chi connectivity index (χ0) is 21.3. The van der Waals surface area contributed by atoms with Crippen molar-refractivity contribution in [3.8, 4) is 16.9 Å². The number of nitrogens with two attached hydrogens (primary N) is 1. The van der Waals surface area contributed by atoms with Crippen LogP contribution in [0.15, 0.2) is 54.7 Å². The minimum absolute atomic E-state index is 0.136. The van der Waals surface area contributed by atoms with E-state index in [1.807, 2.05) is 12.1 Å². The van der Waals surface area contributed by atoms with Crippen LogP contribution in [0, 0.1) is 11.2 Å². The molecule has 10 heteroatoms. The first-order valence-electron chi connectivity index (χ1n) is 9.03. The van der Waals surface area contributed by atoms with Crippen molar-refractivity contribution < 1.29 is 4.39 Å². The lowest BCUT2D eigenvalue weighted by Crippen LogP contribution is -2.23. The highest BCUT2D eigenvalue weighted by Crippen LogP contribution is 2.26. The number of amidine groups is 1. The van der Waals surface area contributed by atoms with Crippen molar-refractivity contribution in [2.75, 3.05) is 12.5 Å². The van der Waals surface area contributed by atoms with Crippen LogP contribution in [0.3, 0.4) is 0 Å². The van der Waals surface area contributed by atoms with Crippen LogP contribution in [0.25, 0.3) is 16.9 Å². The number of nitrogens with one attached hydrogen (secondary N) is 2. The maximum atomic E-state index is 14.0. The molecule has 30 heavy (non-hydrogen) atoms. The Morgan fingerprint density at radius 3 is 2.60 bits per heavy atom. The van der Waals surface area contributed by atoms with E-state index in [1.165, 1.54) is 10.7 Å². The number of hydrogen-bond donors (Lipinski definition) is 3. The quantitative estimate of drug-likeness (QED) is 0.325. The van der Waals surface area contributed by atoms with Gasteiger partial charge in [-0.3, -0.25) is 5.41 Å². The van der Waals surface area contributed by atoms with E-state index in [4.69, 9.17) is 22.7 Å². The summed E-state index contributed by atoms with van der Waals surface area (Å²) in [6.07, 6.45) is 1.94. The summed E-state index contributed by atoms with van der Waals surface area (Å²) in [7, 11) is 1.71. The maximum Gasteiger partial charge on any atom is 0.148 e. The Morgan fingerprint density at radius 2 is 1.93 bits per heavy atom. The smallest absolute Gasteiger partial charge is 0.148 e. The molecule has 0 aliphatic carbocycles. The van der Waals surface area contributed by atoms with Crippen LogP contribution in [-0.2, 0) is 6.42 Å². The molecule has 0 radical (unpaired) electrons. The number of nitrogen functional groups attached to an aromatic ring is 1. The van der Waals surface area contributed by atoms with Gasteiger partial charge in [-0.15, -0.1) is 5.10 Å². The van der Waals surface area contributed by atoms with Crippen LogP contribution in [0.5, 0.6) is 0 Å². The number of halogens is 2. The second-order valence-corrected chi connectivity index (χ2v) is 6.92. The fourth-order valence-corrected chi connectivity index (χ4v) is 3.31. The third-order valence-corrected chi connectivity index (χ3v) is 4.77. The molecular formula is C20H18ClFN8. The monoisotopic (exact) mass is 424 g/mol. The van der Waals surface area contributed by atoms with E-state index >= 15 is 0 Å². The topological polar surface area (TPSA) is 110 Å². The fourth-order valence-electron chi connectivity index (χ4n) is 3.18. The molecule has 2 aromatic carbocycles. The molecule has 0 amide bonds. The Morgan fingerprint density at radius 1 is 1.20 bits per heavy atom. The summed E-state index contributed by atoms with van der Waals surface area (Å²) in [4.78, 5) is 4.68. The fraction of sp³-hybridized carbons (Fsp3) is 0.100. The second kappa shape index (κ2) is 7.96. The molecule has 0 bridgehead atoms. The van der Waals surface area contributed by atoms with Crippen molar-refractivity contribution in [1.29, 1.82) is 5.41 Å². The van der Waals surface area contributed by atoms with Gasteiger partial charge in [-0.05, 0) is 24.3 Å². The van der Waals surface area contributed by atoms with Gasteiger partial charge in [0.05, 0.1) is 18.3 Å². The highest BCUT2D eigenvalue weighted by molar-refractivity contribution is 6.30. The third-order valence-electron chi connectivity index (χ3n) is 4.52. The number of nitrogens with zero attached hydrogens (tertiary/aromatic N) is 5. The third kappa shape index (κ3) is 3.62. The normalized spacial score (nSPS) is 10.9. The molecule has 0 fully saturated rings. The Bertz CT molecular complexity index is 1210. The lowest BCUT2D eigenvalue weighted by Gasteiger charge is -2.10. The summed E-state index contributed by atoms with van der Waals surface area (Å²) >= 11 is 5.99. The number of para-hydroxylation sites is 1. The Kier molecular flexibility index (Phi) is 5.20. The molecule has 0 saturated heterocycles. The highest BCUT2D eigenvalue weighted by atomic mass is 35.5. The predicted octanol–water partition coefficient (Wildman–Crippen LogP) is 2.97. The van der Waals surface area contributed by atoms with Gasteiger partial charge in [0.25, 0.3) is 0 Å². The molecule has 0 unspecified atom stereocenters. The molecule has 8 nitrogen and oxygen atoms in total. The lowest BCUT2D eigenvalue weighted by molar-refractivity contribution is 0.607. The summed E-state index contributed by atoms with van der Waals surface area (Å²) in [5, 5.41) is 16.8. The van der Waals surface area contributed by atoms with Crippen LogP contribution < -0.4 is 11.2 Å². The van der Waals surface area contributed by atoms with E-state index in [2.05, 4.69) is 20.7 Å². The minimum atomic E-state index is -0.394. The van der Waals surface area contributed by atoms with Gasteiger partial charge in [0.1, 0.15) is 34.6 Å². The van der Waals surface area contributed by atoms with Crippen molar-refractivity contribution in [3.63, 3.8) is 0 Å². The van der Waals surface area contributed by atoms with Crippen molar-refractivity contribution in [2.45, 2.75) is 6.42 Å². The number of hydrogen-bond acceptors (Lipinski definition) is 5. The first-order chi connectivity index (χ1) is 14.5. The number of rotatable bonds is 6. The Balaban J connectivity index is 1.73. The summed E-state index contributed by atoms with van der Waals surface area (Å²) in [5.74, 6) is 0.0471. The molecule has 0 spiro atoms. The standard InChI is InChI=1S/C20H18ClFN8/c1-25-30-17(10-14-11-29(28-27-14)16-5-3-2-4-15(16)22)26-18(19(30)20(23)24)12-6-8-13(21)9-7-12/h2-9,11,25H,10H2,1H3,(H3,23,24). The molecule has 4 rings (SSSR count). The summed E-state index contributed by atoms with van der Waals surface area (Å²) < 4.78 is 17.0. The van der Waals surface area contributed by atoms with Gasteiger partial charge in [-0.2, -0.15) is 0 Å². The SMILES string of the molecule is CNn1c(Cc2cn(-c3ccccc3F)nn2)nc(-c2ccc(Cl)cc2)c1C(=N)N. The Hall–Kier alpha value is -3.72. The lowest BCUT2D eigenvalue weighted by atomic mass is 10.1. The summed E-state index contributed by atoms with van der Waals surface area (Å²) in [6, 6.07) is 13.5. The van der Waals surface area contributed by atoms with Crippen molar-refractivity contribution >= 4 is 17.4 Å². The van der Waals surface area contributed by atoms with Gasteiger partial charge >= 0.3 is 0 Å². The van der Waals surface area contributed by atoms with Gasteiger partial charge in [0.15, 0.2) is 0 Å². The van der Waals surface area contributed by atoms with Crippen LogP contribution in [0.2, 0.25) is 5.02 Å². The molecule has 2 aromatic heterocycles. The van der Waals surface area contributed by atoms with Crippen LogP contribution in [0.1, 0.15) is 17.2 Å². The van der Waals surface area contributed by atoms with Crippen molar-refractivity contribution in [3.05, 3.63) is 82.8 Å². The van der Waals surface area contributed by atoms with Crippen LogP contribution >= 0.6 is 11.6 Å². The molecular weight excluding hydrogens is 407 g/mol. The first kappa shape index (κ1) is 19.6. The molecule has 2 heterocycles. The maximum absolute atomic E-state index is 14.0.